The summed E-state index contributed by atoms with van der Waals surface area (Å²) in [6.07, 6.45) is 0.379. The van der Waals surface area contributed by atoms with E-state index in [4.69, 9.17) is 28.0 Å². The van der Waals surface area contributed by atoms with Crippen LogP contribution in [-0.4, -0.2) is 83.1 Å². The van der Waals surface area contributed by atoms with E-state index in [9.17, 15) is 29.1 Å². The highest BCUT2D eigenvalue weighted by atomic mass is 16.4. The van der Waals surface area contributed by atoms with E-state index in [1.54, 1.807) is 0 Å². The fourth-order valence-corrected chi connectivity index (χ4v) is 2.91. The number of primary amides is 1. The van der Waals surface area contributed by atoms with Crippen LogP contribution >= 0.6 is 0 Å². The average molecular weight is 503 g/mol. The van der Waals surface area contributed by atoms with Crippen LogP contribution in [0.2, 0.25) is 0 Å². The van der Waals surface area contributed by atoms with Gasteiger partial charge in [-0.3, -0.25) is 24.2 Å². The van der Waals surface area contributed by atoms with E-state index in [2.05, 4.69) is 20.9 Å². The van der Waals surface area contributed by atoms with Crippen LogP contribution in [0.4, 0.5) is 0 Å². The second-order valence-corrected chi connectivity index (χ2v) is 8.39. The first kappa shape index (κ1) is 31.5. The zero-order valence-corrected chi connectivity index (χ0v) is 20.0. The summed E-state index contributed by atoms with van der Waals surface area (Å²) in [4.78, 5) is 64.0. The number of nitrogens with two attached hydrogens (primary N) is 4. The number of nitrogens with zero attached hydrogens (tertiary/aromatic N) is 1. The lowest BCUT2D eigenvalue weighted by Gasteiger charge is -2.25. The van der Waals surface area contributed by atoms with Crippen LogP contribution in [-0.2, 0) is 24.0 Å². The van der Waals surface area contributed by atoms with Gasteiger partial charge in [-0.05, 0) is 31.6 Å². The topological polar surface area (TPSA) is 278 Å². The molecule has 0 saturated heterocycles. The number of amides is 4. The predicted molar refractivity (Wildman–Crippen MR) is 126 cm³/mol. The molecular formula is C20H38N8O7. The number of aliphatic hydroxyl groups excluding tert-OH is 1. The van der Waals surface area contributed by atoms with Crippen LogP contribution in [0.5, 0.6) is 0 Å². The van der Waals surface area contributed by atoms with Gasteiger partial charge in [-0.15, -0.1) is 0 Å². The molecule has 15 heteroatoms. The SMILES string of the molecule is CC(C)CC(NC(=O)C(N)CCC(N)=O)C(=O)NC(CCCN=C(N)N)C(=O)NC(CO)C(=O)O. The van der Waals surface area contributed by atoms with Gasteiger partial charge in [0.15, 0.2) is 5.96 Å². The number of aliphatic hydroxyl groups is 1. The molecule has 4 unspecified atom stereocenters. The summed E-state index contributed by atoms with van der Waals surface area (Å²) >= 11 is 0. The molecule has 0 aromatic rings. The number of carbonyl (C=O) groups excluding carboxylic acids is 4. The number of carbonyl (C=O) groups is 5. The molecule has 4 amide bonds. The highest BCUT2D eigenvalue weighted by Gasteiger charge is 2.30. The third-order valence-electron chi connectivity index (χ3n) is 4.75. The summed E-state index contributed by atoms with van der Waals surface area (Å²) < 4.78 is 0. The van der Waals surface area contributed by atoms with Crippen molar-refractivity contribution in [3.63, 3.8) is 0 Å². The molecule has 0 saturated carbocycles. The number of carboxylic acids is 1. The number of nitrogens with one attached hydrogen (secondary N) is 3. The number of carboxylic acid groups (broad SMARTS) is 1. The van der Waals surface area contributed by atoms with E-state index in [0.717, 1.165) is 0 Å². The van der Waals surface area contributed by atoms with Crippen LogP contribution in [0.3, 0.4) is 0 Å². The van der Waals surface area contributed by atoms with E-state index in [-0.39, 0.29) is 50.5 Å². The zero-order chi connectivity index (χ0) is 27.1. The molecule has 13 N–H and O–H groups in total. The van der Waals surface area contributed by atoms with Crippen molar-refractivity contribution in [1.82, 2.24) is 16.0 Å². The standard InChI is InChI=1S/C20H38N8O7/c1-10(2)8-13(27-16(31)11(21)5-6-15(22)30)18(33)26-12(4-3-7-25-20(23)24)17(32)28-14(9-29)19(34)35/h10-14,29H,3-9,21H2,1-2H3,(H2,22,30)(H,26,33)(H,27,31)(H,28,32)(H,34,35)(H4,23,24,25). The fraction of sp³-hybridized carbons (Fsp3) is 0.700. The van der Waals surface area contributed by atoms with E-state index >= 15 is 0 Å². The molecule has 0 rings (SSSR count). The molecule has 0 aliphatic rings. The lowest BCUT2D eigenvalue weighted by molar-refractivity contribution is -0.143. The Bertz CT molecular complexity index is 771. The smallest absolute Gasteiger partial charge is 0.328 e. The maximum absolute atomic E-state index is 13.0. The van der Waals surface area contributed by atoms with Gasteiger partial charge in [0.05, 0.1) is 12.6 Å². The number of guanidine groups is 1. The Morgan fingerprint density at radius 1 is 0.857 bits per heavy atom. The molecule has 0 aromatic carbocycles. The molecule has 15 nitrogen and oxygen atoms in total. The number of rotatable bonds is 17. The normalized spacial score (nSPS) is 14.2. The Hall–Kier alpha value is -3.46. The summed E-state index contributed by atoms with van der Waals surface area (Å²) in [5.74, 6) is -4.50. The van der Waals surface area contributed by atoms with Crippen molar-refractivity contribution in [2.45, 2.75) is 70.1 Å². The van der Waals surface area contributed by atoms with E-state index in [0.29, 0.717) is 0 Å². The molecule has 0 radical (unpaired) electrons. The first-order valence-corrected chi connectivity index (χ1v) is 11.1. The predicted octanol–water partition coefficient (Wildman–Crippen LogP) is -3.79. The Kier molecular flexibility index (Phi) is 14.6. The lowest BCUT2D eigenvalue weighted by Crippen LogP contribution is -2.57. The first-order valence-electron chi connectivity index (χ1n) is 11.1. The van der Waals surface area contributed by atoms with Crippen molar-refractivity contribution in [1.29, 1.82) is 0 Å². The van der Waals surface area contributed by atoms with Crippen LogP contribution < -0.4 is 38.9 Å². The highest BCUT2D eigenvalue weighted by Crippen LogP contribution is 2.08. The molecule has 0 aromatic heterocycles. The van der Waals surface area contributed by atoms with Gasteiger partial charge in [0.2, 0.25) is 23.6 Å². The fourth-order valence-electron chi connectivity index (χ4n) is 2.91. The molecule has 4 atom stereocenters. The summed E-state index contributed by atoms with van der Waals surface area (Å²) in [6.45, 7) is 2.92. The van der Waals surface area contributed by atoms with E-state index < -0.39 is 60.4 Å². The molecule has 200 valence electrons. The van der Waals surface area contributed by atoms with E-state index in [1.807, 2.05) is 13.8 Å². The lowest BCUT2D eigenvalue weighted by atomic mass is 10.0. The molecule has 0 bridgehead atoms. The Balaban J connectivity index is 5.51. The first-order chi connectivity index (χ1) is 16.3. The third kappa shape index (κ3) is 13.7. The molecule has 0 spiro atoms. The average Bonchev–Trinajstić information content (AvgIpc) is 2.75. The van der Waals surface area contributed by atoms with Gasteiger partial charge in [-0.1, -0.05) is 13.8 Å². The Morgan fingerprint density at radius 2 is 1.40 bits per heavy atom. The minimum absolute atomic E-state index is 0.00918. The van der Waals surface area contributed by atoms with E-state index in [1.165, 1.54) is 0 Å². The third-order valence-corrected chi connectivity index (χ3v) is 4.75. The largest absolute Gasteiger partial charge is 0.480 e. The van der Waals surface area contributed by atoms with Crippen molar-refractivity contribution in [2.24, 2.45) is 33.8 Å². The maximum atomic E-state index is 13.0. The Morgan fingerprint density at radius 3 is 1.89 bits per heavy atom. The molecule has 35 heavy (non-hydrogen) atoms. The second kappa shape index (κ2) is 16.2. The van der Waals surface area contributed by atoms with Crippen molar-refractivity contribution in [2.75, 3.05) is 13.2 Å². The van der Waals surface area contributed by atoms with Gasteiger partial charge < -0.3 is 49.1 Å². The van der Waals surface area contributed by atoms with Gasteiger partial charge >= 0.3 is 5.97 Å². The van der Waals surface area contributed by atoms with Crippen LogP contribution in [0.15, 0.2) is 4.99 Å². The number of aliphatic carboxylic acids is 1. The molecule has 0 heterocycles. The van der Waals surface area contributed by atoms with Crippen molar-refractivity contribution in [3.8, 4) is 0 Å². The highest BCUT2D eigenvalue weighted by molar-refractivity contribution is 5.94. The van der Waals surface area contributed by atoms with Crippen molar-refractivity contribution >= 4 is 35.6 Å². The van der Waals surface area contributed by atoms with Crippen LogP contribution in [0.1, 0.15) is 46.0 Å². The molecule has 0 fully saturated rings. The van der Waals surface area contributed by atoms with Gasteiger partial charge in [-0.25, -0.2) is 4.79 Å². The van der Waals surface area contributed by atoms with Gasteiger partial charge in [0.25, 0.3) is 0 Å². The molecular weight excluding hydrogens is 464 g/mol. The monoisotopic (exact) mass is 502 g/mol. The van der Waals surface area contributed by atoms with Crippen LogP contribution in [0.25, 0.3) is 0 Å². The van der Waals surface area contributed by atoms with Gasteiger partial charge in [0, 0.05) is 13.0 Å². The summed E-state index contributed by atoms with van der Waals surface area (Å²) in [6, 6.07) is -4.93. The maximum Gasteiger partial charge on any atom is 0.328 e. The number of aliphatic imine (C=N–C) groups is 1. The van der Waals surface area contributed by atoms with Crippen molar-refractivity contribution in [3.05, 3.63) is 0 Å². The van der Waals surface area contributed by atoms with Gasteiger partial charge in [0.1, 0.15) is 18.1 Å². The minimum atomic E-state index is -1.57. The molecule has 0 aliphatic heterocycles. The van der Waals surface area contributed by atoms with Crippen LogP contribution in [0, 0.1) is 5.92 Å². The summed E-state index contributed by atoms with van der Waals surface area (Å²) in [5, 5.41) is 25.4. The second-order valence-electron chi connectivity index (χ2n) is 8.39. The summed E-state index contributed by atoms with van der Waals surface area (Å²) in [5.41, 5.74) is 21.4. The summed E-state index contributed by atoms with van der Waals surface area (Å²) in [7, 11) is 0. The quantitative estimate of drug-likeness (QED) is 0.0531. The number of hydrogen-bond acceptors (Lipinski definition) is 8. The Labute approximate surface area is 203 Å². The number of hydrogen-bond donors (Lipinski definition) is 9. The minimum Gasteiger partial charge on any atom is -0.480 e. The molecule has 0 aliphatic carbocycles. The van der Waals surface area contributed by atoms with Gasteiger partial charge in [-0.2, -0.15) is 0 Å². The zero-order valence-electron chi connectivity index (χ0n) is 20.0. The van der Waals surface area contributed by atoms with Crippen molar-refractivity contribution < 1.29 is 34.2 Å².